The first-order chi connectivity index (χ1) is 9.92. The van der Waals surface area contributed by atoms with Gasteiger partial charge < -0.3 is 9.47 Å². The smallest absolute Gasteiger partial charge is 0.310 e. The van der Waals surface area contributed by atoms with Crippen molar-refractivity contribution in [1.29, 1.82) is 0 Å². The van der Waals surface area contributed by atoms with E-state index in [1.54, 1.807) is 7.11 Å². The van der Waals surface area contributed by atoms with Crippen LogP contribution < -0.4 is 0 Å². The predicted octanol–water partition coefficient (Wildman–Crippen LogP) is 3.73. The van der Waals surface area contributed by atoms with Gasteiger partial charge in [0, 0.05) is 7.11 Å². The third-order valence-electron chi connectivity index (χ3n) is 3.73. The first kappa shape index (κ1) is 17.8. The summed E-state index contributed by atoms with van der Waals surface area (Å²) in [5, 5.41) is 0. The van der Waals surface area contributed by atoms with Crippen LogP contribution in [0, 0.1) is 23.7 Å². The standard InChI is InChI=1S/C18H28O3/c1-13(2)6-9-17(12-14(3)4)21-18(19)15-7-10-16(20-5)11-8-15/h14-17H,1,7-8,10-12H2,2-5H3. The van der Waals surface area contributed by atoms with Crippen molar-refractivity contribution in [3.05, 3.63) is 12.2 Å². The Morgan fingerprint density at radius 1 is 1.29 bits per heavy atom. The van der Waals surface area contributed by atoms with Crippen molar-refractivity contribution in [2.24, 2.45) is 11.8 Å². The van der Waals surface area contributed by atoms with Gasteiger partial charge in [-0.25, -0.2) is 0 Å². The molecule has 1 fully saturated rings. The molecule has 1 aliphatic rings. The predicted molar refractivity (Wildman–Crippen MR) is 84.7 cm³/mol. The van der Waals surface area contributed by atoms with Crippen LogP contribution in [0.5, 0.6) is 0 Å². The van der Waals surface area contributed by atoms with Crippen molar-refractivity contribution >= 4 is 5.97 Å². The third kappa shape index (κ3) is 6.82. The molecule has 0 heterocycles. The minimum atomic E-state index is -0.325. The Labute approximate surface area is 129 Å². The van der Waals surface area contributed by atoms with Gasteiger partial charge in [-0.3, -0.25) is 4.79 Å². The second-order valence-corrected chi connectivity index (χ2v) is 6.31. The topological polar surface area (TPSA) is 35.5 Å². The van der Waals surface area contributed by atoms with E-state index in [2.05, 4.69) is 32.3 Å². The van der Waals surface area contributed by atoms with E-state index in [0.29, 0.717) is 12.0 Å². The SMILES string of the molecule is C=C(C)C#CC(CC(C)C)OC(=O)C1CCC(OC)CC1. The van der Waals surface area contributed by atoms with Gasteiger partial charge >= 0.3 is 5.97 Å². The van der Waals surface area contributed by atoms with Gasteiger partial charge in [0.1, 0.15) is 0 Å². The average Bonchev–Trinajstić information content (AvgIpc) is 2.44. The van der Waals surface area contributed by atoms with Crippen LogP contribution in [0.4, 0.5) is 0 Å². The van der Waals surface area contributed by atoms with Crippen molar-refractivity contribution in [3.8, 4) is 11.8 Å². The number of methoxy groups -OCH3 is 1. The monoisotopic (exact) mass is 292 g/mol. The molecule has 0 aliphatic heterocycles. The lowest BCUT2D eigenvalue weighted by Gasteiger charge is -2.27. The second-order valence-electron chi connectivity index (χ2n) is 6.31. The van der Waals surface area contributed by atoms with Crippen molar-refractivity contribution in [2.45, 2.75) is 65.1 Å². The van der Waals surface area contributed by atoms with Gasteiger partial charge in [-0.1, -0.05) is 32.3 Å². The van der Waals surface area contributed by atoms with Crippen LogP contribution >= 0.6 is 0 Å². The van der Waals surface area contributed by atoms with Crippen molar-refractivity contribution in [3.63, 3.8) is 0 Å². The van der Waals surface area contributed by atoms with Gasteiger partial charge in [-0.2, -0.15) is 0 Å². The Bertz CT molecular complexity index is 406. The minimum Gasteiger partial charge on any atom is -0.449 e. The molecule has 3 nitrogen and oxygen atoms in total. The van der Waals surface area contributed by atoms with E-state index < -0.39 is 0 Å². The number of allylic oxidation sites excluding steroid dienone is 1. The highest BCUT2D eigenvalue weighted by molar-refractivity contribution is 5.73. The van der Waals surface area contributed by atoms with E-state index in [9.17, 15) is 4.79 Å². The Morgan fingerprint density at radius 3 is 2.38 bits per heavy atom. The van der Waals surface area contributed by atoms with Crippen LogP contribution in [0.2, 0.25) is 0 Å². The molecule has 1 atom stereocenters. The van der Waals surface area contributed by atoms with Crippen LogP contribution in [0.1, 0.15) is 52.9 Å². The number of carbonyl (C=O) groups is 1. The first-order valence-corrected chi connectivity index (χ1v) is 7.82. The van der Waals surface area contributed by atoms with E-state index in [1.807, 2.05) is 6.92 Å². The molecule has 21 heavy (non-hydrogen) atoms. The molecule has 0 aromatic heterocycles. The fraction of sp³-hybridized carbons (Fsp3) is 0.722. The number of ether oxygens (including phenoxy) is 2. The summed E-state index contributed by atoms with van der Waals surface area (Å²) in [5.74, 6) is 6.29. The lowest BCUT2D eigenvalue weighted by atomic mass is 9.87. The third-order valence-corrected chi connectivity index (χ3v) is 3.73. The number of hydrogen-bond donors (Lipinski definition) is 0. The van der Waals surface area contributed by atoms with E-state index in [0.717, 1.165) is 37.7 Å². The molecule has 3 heteroatoms. The lowest BCUT2D eigenvalue weighted by Crippen LogP contribution is -2.29. The summed E-state index contributed by atoms with van der Waals surface area (Å²) in [6.07, 6.45) is 4.29. The summed E-state index contributed by atoms with van der Waals surface area (Å²) >= 11 is 0. The van der Waals surface area contributed by atoms with Crippen LogP contribution in [0.15, 0.2) is 12.2 Å². The fourth-order valence-corrected chi connectivity index (χ4v) is 2.54. The molecule has 0 radical (unpaired) electrons. The highest BCUT2D eigenvalue weighted by atomic mass is 16.5. The van der Waals surface area contributed by atoms with Crippen molar-refractivity contribution in [2.75, 3.05) is 7.11 Å². The van der Waals surface area contributed by atoms with E-state index in [-0.39, 0.29) is 18.0 Å². The number of esters is 1. The normalized spacial score (nSPS) is 23.1. The van der Waals surface area contributed by atoms with Gasteiger partial charge in [0.2, 0.25) is 0 Å². The summed E-state index contributed by atoms with van der Waals surface area (Å²) in [5.41, 5.74) is 0.792. The molecule has 1 aliphatic carbocycles. The summed E-state index contributed by atoms with van der Waals surface area (Å²) < 4.78 is 11.0. The number of rotatable bonds is 5. The molecule has 0 spiro atoms. The van der Waals surface area contributed by atoms with Gasteiger partial charge in [0.15, 0.2) is 6.10 Å². The van der Waals surface area contributed by atoms with Gasteiger partial charge in [-0.05, 0) is 50.5 Å². The fourth-order valence-electron chi connectivity index (χ4n) is 2.54. The lowest BCUT2D eigenvalue weighted by molar-refractivity contribution is -0.154. The second kappa shape index (κ2) is 8.89. The Morgan fingerprint density at radius 2 is 1.90 bits per heavy atom. The highest BCUT2D eigenvalue weighted by Crippen LogP contribution is 2.27. The maximum atomic E-state index is 12.3. The van der Waals surface area contributed by atoms with Crippen LogP contribution in [0.3, 0.4) is 0 Å². The molecule has 0 aromatic rings. The highest BCUT2D eigenvalue weighted by Gasteiger charge is 2.28. The molecule has 0 bridgehead atoms. The quantitative estimate of drug-likeness (QED) is 0.572. The molecule has 118 valence electrons. The van der Waals surface area contributed by atoms with E-state index in [1.165, 1.54) is 0 Å². The molecule has 0 saturated heterocycles. The van der Waals surface area contributed by atoms with E-state index >= 15 is 0 Å². The largest absolute Gasteiger partial charge is 0.449 e. The molecule has 1 rings (SSSR count). The molecule has 0 amide bonds. The number of hydrogen-bond acceptors (Lipinski definition) is 3. The Kier molecular flexibility index (Phi) is 7.53. The molecular formula is C18H28O3. The van der Waals surface area contributed by atoms with Crippen LogP contribution in [-0.2, 0) is 14.3 Å². The first-order valence-electron chi connectivity index (χ1n) is 7.82. The number of carbonyl (C=O) groups excluding carboxylic acids is 1. The molecule has 0 aromatic carbocycles. The van der Waals surface area contributed by atoms with Crippen molar-refractivity contribution < 1.29 is 14.3 Å². The van der Waals surface area contributed by atoms with Gasteiger partial charge in [0.25, 0.3) is 0 Å². The Hall–Kier alpha value is -1.27. The maximum Gasteiger partial charge on any atom is 0.310 e. The van der Waals surface area contributed by atoms with Gasteiger partial charge in [-0.15, -0.1) is 0 Å². The zero-order chi connectivity index (χ0) is 15.8. The summed E-state index contributed by atoms with van der Waals surface area (Å²) in [6, 6.07) is 0. The molecule has 0 N–H and O–H groups in total. The average molecular weight is 292 g/mol. The minimum absolute atomic E-state index is 0.00214. The Balaban J connectivity index is 2.56. The maximum absolute atomic E-state index is 12.3. The molecule has 1 saturated carbocycles. The van der Waals surface area contributed by atoms with E-state index in [4.69, 9.17) is 9.47 Å². The molecular weight excluding hydrogens is 264 g/mol. The summed E-state index contributed by atoms with van der Waals surface area (Å²) in [6.45, 7) is 9.83. The van der Waals surface area contributed by atoms with Crippen LogP contribution in [0.25, 0.3) is 0 Å². The molecule has 1 unspecified atom stereocenters. The van der Waals surface area contributed by atoms with Gasteiger partial charge in [0.05, 0.1) is 12.0 Å². The zero-order valence-electron chi connectivity index (χ0n) is 13.8. The summed E-state index contributed by atoms with van der Waals surface area (Å²) in [4.78, 5) is 12.3. The van der Waals surface area contributed by atoms with Crippen molar-refractivity contribution in [1.82, 2.24) is 0 Å². The summed E-state index contributed by atoms with van der Waals surface area (Å²) in [7, 11) is 1.73. The zero-order valence-corrected chi connectivity index (χ0v) is 13.8. The van der Waals surface area contributed by atoms with Crippen LogP contribution in [-0.4, -0.2) is 25.3 Å².